The Labute approximate surface area is 49.1 Å². The Hall–Kier alpha value is 0.310. The van der Waals surface area contributed by atoms with Crippen LogP contribution >= 0.6 is 11.8 Å². The van der Waals surface area contributed by atoms with Gasteiger partial charge in [-0.15, -0.1) is 0 Å². The van der Waals surface area contributed by atoms with Crippen molar-refractivity contribution in [1.82, 2.24) is 0 Å². The van der Waals surface area contributed by atoms with Crippen molar-refractivity contribution in [3.8, 4) is 0 Å². The highest BCUT2D eigenvalue weighted by atomic mass is 32.2. The third-order valence-electron chi connectivity index (χ3n) is 1.20. The first-order valence-corrected chi connectivity index (χ1v) is 3.79. The number of quaternary nitrogens is 1. The topological polar surface area (TPSA) is 4.44 Å². The van der Waals surface area contributed by atoms with E-state index in [1.165, 1.54) is 29.5 Å². The van der Waals surface area contributed by atoms with Gasteiger partial charge in [0.25, 0.3) is 0 Å². The Morgan fingerprint density at radius 2 is 1.86 bits per heavy atom. The molecule has 1 aliphatic heterocycles. The van der Waals surface area contributed by atoms with Crippen LogP contribution < -0.4 is 4.90 Å². The van der Waals surface area contributed by atoms with Gasteiger partial charge in [0.2, 0.25) is 0 Å². The molecule has 0 radical (unpaired) electrons. The molecule has 0 aromatic rings. The Balaban J connectivity index is 2.12. The molecule has 1 nitrogen and oxygen atoms in total. The zero-order chi connectivity index (χ0) is 5.11. The molecule has 0 spiro atoms. The first-order chi connectivity index (χ1) is 3.39. The predicted molar refractivity (Wildman–Crippen MR) is 33.4 cm³/mol. The summed E-state index contributed by atoms with van der Waals surface area (Å²) in [6, 6.07) is 0. The normalized spacial score (nSPS) is 25.3. The number of hydrogen-bond acceptors (Lipinski definition) is 1. The van der Waals surface area contributed by atoms with E-state index in [0.29, 0.717) is 0 Å². The highest BCUT2D eigenvalue weighted by molar-refractivity contribution is 7.99. The average Bonchev–Trinajstić information content (AvgIpc) is 1.69. The Bertz CT molecular complexity index is 50.0. The summed E-state index contributed by atoms with van der Waals surface area (Å²) in [5.74, 6) is 2.61. The van der Waals surface area contributed by atoms with Crippen molar-refractivity contribution < 1.29 is 4.90 Å². The Morgan fingerprint density at radius 3 is 2.14 bits per heavy atom. The van der Waals surface area contributed by atoms with Crippen molar-refractivity contribution in [1.29, 1.82) is 0 Å². The van der Waals surface area contributed by atoms with Crippen LogP contribution in [0.1, 0.15) is 0 Å². The van der Waals surface area contributed by atoms with Crippen molar-refractivity contribution in [3.05, 3.63) is 7.05 Å². The summed E-state index contributed by atoms with van der Waals surface area (Å²) >= 11 is 2.04. The van der Waals surface area contributed by atoms with E-state index in [4.69, 9.17) is 0 Å². The lowest BCUT2D eigenvalue weighted by atomic mass is 10.6. The minimum Gasteiger partial charge on any atom is -0.466 e. The van der Waals surface area contributed by atoms with E-state index < -0.39 is 0 Å². The fourth-order valence-corrected chi connectivity index (χ4v) is 1.73. The van der Waals surface area contributed by atoms with Crippen LogP contribution in [-0.2, 0) is 0 Å². The number of hydrogen-bond donors (Lipinski definition) is 1. The minimum atomic E-state index is 1.25. The fourth-order valence-electron chi connectivity index (χ4n) is 0.660. The molecule has 0 aromatic carbocycles. The maximum atomic E-state index is 3.90. The molecule has 2 heteroatoms. The predicted octanol–water partition coefficient (Wildman–Crippen LogP) is -0.590. The van der Waals surface area contributed by atoms with Crippen molar-refractivity contribution in [3.63, 3.8) is 0 Å². The van der Waals surface area contributed by atoms with Gasteiger partial charge in [-0.2, -0.15) is 18.8 Å². The lowest BCUT2D eigenvalue weighted by Crippen LogP contribution is -3.08. The van der Waals surface area contributed by atoms with E-state index in [1.807, 2.05) is 11.8 Å². The first-order valence-electron chi connectivity index (χ1n) is 2.64. The molecule has 7 heavy (non-hydrogen) atoms. The summed E-state index contributed by atoms with van der Waals surface area (Å²) < 4.78 is 0. The van der Waals surface area contributed by atoms with Crippen molar-refractivity contribution in [2.45, 2.75) is 0 Å². The molecule has 1 rings (SSSR count). The summed E-state index contributed by atoms with van der Waals surface area (Å²) in [7, 11) is 3.90. The molecule has 0 saturated carbocycles. The number of nitrogens with one attached hydrogen (secondary N) is 1. The van der Waals surface area contributed by atoms with Crippen LogP contribution in [0.5, 0.6) is 0 Å². The molecule has 1 N–H and O–H groups in total. The van der Waals surface area contributed by atoms with Gasteiger partial charge in [0.05, 0.1) is 13.1 Å². The second-order valence-electron chi connectivity index (χ2n) is 1.86. The smallest absolute Gasteiger partial charge is 0.0622 e. The molecule has 0 aromatic heterocycles. The van der Waals surface area contributed by atoms with Crippen LogP contribution in [0.3, 0.4) is 0 Å². The zero-order valence-electron chi connectivity index (χ0n) is 4.44. The first kappa shape index (κ1) is 5.45. The molecule has 1 heterocycles. The van der Waals surface area contributed by atoms with Gasteiger partial charge >= 0.3 is 0 Å². The molecular weight excluding hydrogens is 106 g/mol. The number of rotatable bonds is 0. The zero-order valence-corrected chi connectivity index (χ0v) is 5.26. The maximum absolute atomic E-state index is 3.90. The fraction of sp³-hybridized carbons (Fsp3) is 0.800. The molecule has 0 amide bonds. The molecule has 0 unspecified atom stereocenters. The Morgan fingerprint density at radius 1 is 1.29 bits per heavy atom. The molecule has 0 atom stereocenters. The van der Waals surface area contributed by atoms with Gasteiger partial charge < -0.3 is 4.90 Å². The van der Waals surface area contributed by atoms with Crippen LogP contribution in [0.4, 0.5) is 0 Å². The lowest BCUT2D eigenvalue weighted by Gasteiger charge is -2.24. The van der Waals surface area contributed by atoms with E-state index >= 15 is 0 Å². The quantitative estimate of drug-likeness (QED) is 0.416. The van der Waals surface area contributed by atoms with Crippen molar-refractivity contribution in [2.75, 3.05) is 24.6 Å². The summed E-state index contributed by atoms with van der Waals surface area (Å²) in [5.41, 5.74) is 0. The molecule has 42 valence electrons. The van der Waals surface area contributed by atoms with Crippen LogP contribution in [0.15, 0.2) is 0 Å². The van der Waals surface area contributed by atoms with Gasteiger partial charge in [0.15, 0.2) is 0 Å². The Kier molecular flexibility index (Phi) is 2.00. The van der Waals surface area contributed by atoms with Gasteiger partial charge in [-0.25, -0.2) is 0 Å². The molecule has 1 aliphatic rings. The van der Waals surface area contributed by atoms with Crippen LogP contribution in [0.25, 0.3) is 0 Å². The molecule has 1 saturated heterocycles. The second-order valence-corrected chi connectivity index (χ2v) is 3.09. The third-order valence-corrected chi connectivity index (χ3v) is 2.19. The van der Waals surface area contributed by atoms with Crippen molar-refractivity contribution in [2.24, 2.45) is 0 Å². The highest BCUT2D eigenvalue weighted by Gasteiger charge is 2.01. The summed E-state index contributed by atoms with van der Waals surface area (Å²) in [6.07, 6.45) is 0. The monoisotopic (exact) mass is 117 g/mol. The summed E-state index contributed by atoms with van der Waals surface area (Å²) in [5, 5.41) is 0. The standard InChI is InChI=1S/C5H11NS/c1-6-2-4-7-5-3-6/h6H,1-5H2. The molecular formula is C5H11NS. The van der Waals surface area contributed by atoms with Gasteiger partial charge in [-0.3, -0.25) is 0 Å². The van der Waals surface area contributed by atoms with Crippen LogP contribution in [-0.4, -0.2) is 24.6 Å². The SMILES string of the molecule is [CH2-][NH+]1CCSCC1. The van der Waals surface area contributed by atoms with Crippen LogP contribution in [0, 0.1) is 7.05 Å². The molecule has 0 aliphatic carbocycles. The van der Waals surface area contributed by atoms with Crippen LogP contribution in [0.2, 0.25) is 0 Å². The summed E-state index contributed by atoms with van der Waals surface area (Å²) in [6.45, 7) is 2.51. The number of thioether (sulfide) groups is 1. The highest BCUT2D eigenvalue weighted by Crippen LogP contribution is 1.96. The van der Waals surface area contributed by atoms with E-state index in [-0.39, 0.29) is 0 Å². The minimum absolute atomic E-state index is 1.25. The largest absolute Gasteiger partial charge is 0.466 e. The van der Waals surface area contributed by atoms with Gasteiger partial charge in [-0.1, -0.05) is 0 Å². The van der Waals surface area contributed by atoms with Gasteiger partial charge in [-0.05, 0) is 0 Å². The lowest BCUT2D eigenvalue weighted by molar-refractivity contribution is -0.849. The van der Waals surface area contributed by atoms with E-state index in [2.05, 4.69) is 7.05 Å². The average molecular weight is 117 g/mol. The maximum Gasteiger partial charge on any atom is 0.0622 e. The van der Waals surface area contributed by atoms with Crippen molar-refractivity contribution >= 4 is 11.8 Å². The second kappa shape index (κ2) is 2.58. The van der Waals surface area contributed by atoms with Gasteiger partial charge in [0.1, 0.15) is 0 Å². The van der Waals surface area contributed by atoms with E-state index in [9.17, 15) is 0 Å². The molecule has 0 bridgehead atoms. The molecule has 1 fully saturated rings. The van der Waals surface area contributed by atoms with E-state index in [1.54, 1.807) is 0 Å². The van der Waals surface area contributed by atoms with E-state index in [0.717, 1.165) is 0 Å². The van der Waals surface area contributed by atoms with Gasteiger partial charge in [0, 0.05) is 11.5 Å². The summed E-state index contributed by atoms with van der Waals surface area (Å²) in [4.78, 5) is 1.44. The third kappa shape index (κ3) is 1.70.